The molecule has 0 aromatic rings. The molecule has 0 N–H and O–H groups in total. The molecular formula is CHBrClF3. The summed E-state index contributed by atoms with van der Waals surface area (Å²) < 4.78 is 30.8. The van der Waals surface area contributed by atoms with Gasteiger partial charge >= 0.3 is 5.09 Å². The van der Waals surface area contributed by atoms with E-state index in [4.69, 9.17) is 0 Å². The molecule has 0 amide bonds. The summed E-state index contributed by atoms with van der Waals surface area (Å²) in [5.74, 6) is 0. The summed E-state index contributed by atoms with van der Waals surface area (Å²) in [5.41, 5.74) is 0. The van der Waals surface area contributed by atoms with Crippen LogP contribution in [-0.2, 0) is 0 Å². The number of hydrogen-bond donors (Lipinski definition) is 0. The normalized spacial score (nSPS) is 10.0. The van der Waals surface area contributed by atoms with E-state index in [9.17, 15) is 13.2 Å². The Hall–Kier alpha value is 0.560. The van der Waals surface area contributed by atoms with E-state index in [0.717, 1.165) is 0 Å². The molecule has 40 valence electrons. The Kier molecular flexibility index (Phi) is 4.37. The maximum absolute atomic E-state index is 10.3. The van der Waals surface area contributed by atoms with Gasteiger partial charge in [-0.3, -0.25) is 0 Å². The van der Waals surface area contributed by atoms with Crippen LogP contribution in [0.3, 0.4) is 0 Å². The van der Waals surface area contributed by atoms with E-state index in [-0.39, 0.29) is 12.4 Å². The SMILES string of the molecule is Cl.FC(F)(F)Br. The van der Waals surface area contributed by atoms with Gasteiger partial charge in [-0.2, -0.15) is 13.2 Å². The molecule has 0 unspecified atom stereocenters. The van der Waals surface area contributed by atoms with Crippen LogP contribution in [0.1, 0.15) is 0 Å². The molecule has 0 aromatic heterocycles. The first-order valence-corrected chi connectivity index (χ1v) is 1.55. The van der Waals surface area contributed by atoms with Crippen LogP contribution in [0.2, 0.25) is 0 Å². The minimum Gasteiger partial charge on any atom is -0.160 e. The van der Waals surface area contributed by atoms with Gasteiger partial charge in [0, 0.05) is 15.9 Å². The summed E-state index contributed by atoms with van der Waals surface area (Å²) >= 11 is 1.38. The molecule has 0 nitrogen and oxygen atoms in total. The molecule has 0 aliphatic heterocycles. The Balaban J connectivity index is 0. The van der Waals surface area contributed by atoms with Crippen LogP contribution in [0.5, 0.6) is 0 Å². The van der Waals surface area contributed by atoms with Crippen molar-refractivity contribution in [2.75, 3.05) is 0 Å². The minimum absolute atomic E-state index is 0. The van der Waals surface area contributed by atoms with E-state index in [1.165, 1.54) is 15.9 Å². The molecule has 0 radical (unpaired) electrons. The predicted molar refractivity (Wildman–Crippen MR) is 22.2 cm³/mol. The second-order valence-electron chi connectivity index (χ2n) is 0.429. The van der Waals surface area contributed by atoms with Crippen molar-refractivity contribution < 1.29 is 13.2 Å². The smallest absolute Gasteiger partial charge is 0.160 e. The zero-order valence-electron chi connectivity index (χ0n) is 2.42. The van der Waals surface area contributed by atoms with Crippen LogP contribution >= 0.6 is 28.3 Å². The molecule has 5 heteroatoms. The van der Waals surface area contributed by atoms with Crippen LogP contribution in [0, 0.1) is 0 Å². The van der Waals surface area contributed by atoms with Gasteiger partial charge in [0.2, 0.25) is 0 Å². The lowest BCUT2D eigenvalue weighted by atomic mass is 11.6. The molecular weight excluding hydrogens is 184 g/mol. The quantitative estimate of drug-likeness (QED) is 0.508. The first-order valence-electron chi connectivity index (χ1n) is 0.756. The fraction of sp³-hybridized carbons (Fsp3) is 1.00. The molecule has 0 heterocycles. The summed E-state index contributed by atoms with van der Waals surface area (Å²) in [6.07, 6.45) is 0. The predicted octanol–water partition coefficient (Wildman–Crippen LogP) is 2.32. The zero-order valence-corrected chi connectivity index (χ0v) is 4.82. The second kappa shape index (κ2) is 2.69. The highest BCUT2D eigenvalue weighted by molar-refractivity contribution is 9.09. The van der Waals surface area contributed by atoms with Crippen molar-refractivity contribution in [3.8, 4) is 0 Å². The molecule has 0 aliphatic rings. The molecule has 0 spiro atoms. The van der Waals surface area contributed by atoms with E-state index >= 15 is 0 Å². The largest absolute Gasteiger partial charge is 0.448 e. The average Bonchev–Trinajstić information content (AvgIpc) is 0.722. The van der Waals surface area contributed by atoms with Crippen molar-refractivity contribution in [3.63, 3.8) is 0 Å². The van der Waals surface area contributed by atoms with Crippen molar-refractivity contribution in [1.82, 2.24) is 0 Å². The Bertz CT molecular complexity index is 26.3. The third-order valence-corrected chi connectivity index (χ3v) is 0. The van der Waals surface area contributed by atoms with Crippen LogP contribution < -0.4 is 0 Å². The monoisotopic (exact) mass is 184 g/mol. The molecule has 0 saturated carbocycles. The number of hydrogen-bond acceptors (Lipinski definition) is 0. The van der Waals surface area contributed by atoms with Crippen molar-refractivity contribution in [1.29, 1.82) is 0 Å². The summed E-state index contributed by atoms with van der Waals surface area (Å²) in [6, 6.07) is 0. The summed E-state index contributed by atoms with van der Waals surface area (Å²) in [7, 11) is 0. The Morgan fingerprint density at radius 2 is 1.17 bits per heavy atom. The third kappa shape index (κ3) is 184. The van der Waals surface area contributed by atoms with Crippen molar-refractivity contribution >= 4 is 28.3 Å². The van der Waals surface area contributed by atoms with Gasteiger partial charge in [0.25, 0.3) is 0 Å². The number of rotatable bonds is 0. The molecule has 0 aromatic carbocycles. The van der Waals surface area contributed by atoms with E-state index in [2.05, 4.69) is 0 Å². The zero-order chi connectivity index (χ0) is 4.50. The lowest BCUT2D eigenvalue weighted by Crippen LogP contribution is -1.88. The number of halogens is 5. The van der Waals surface area contributed by atoms with E-state index < -0.39 is 5.09 Å². The Labute approximate surface area is 47.3 Å². The second-order valence-corrected chi connectivity index (χ2v) is 1.33. The molecule has 0 saturated heterocycles. The van der Waals surface area contributed by atoms with E-state index in [1.807, 2.05) is 0 Å². The fourth-order valence-electron chi connectivity index (χ4n) is 0. The maximum Gasteiger partial charge on any atom is 0.448 e. The molecule has 0 bridgehead atoms. The van der Waals surface area contributed by atoms with Crippen LogP contribution in [0.25, 0.3) is 0 Å². The van der Waals surface area contributed by atoms with Crippen LogP contribution in [0.4, 0.5) is 13.2 Å². The van der Waals surface area contributed by atoms with Gasteiger partial charge in [-0.25, -0.2) is 0 Å². The van der Waals surface area contributed by atoms with Gasteiger partial charge in [0.05, 0.1) is 0 Å². The minimum atomic E-state index is -4.19. The molecule has 6 heavy (non-hydrogen) atoms. The Morgan fingerprint density at radius 1 is 1.17 bits per heavy atom. The van der Waals surface area contributed by atoms with Gasteiger partial charge in [-0.05, 0) is 0 Å². The Morgan fingerprint density at radius 3 is 1.17 bits per heavy atom. The van der Waals surface area contributed by atoms with Gasteiger partial charge < -0.3 is 0 Å². The van der Waals surface area contributed by atoms with E-state index in [0.29, 0.717) is 0 Å². The fourth-order valence-corrected chi connectivity index (χ4v) is 0. The van der Waals surface area contributed by atoms with Crippen molar-refractivity contribution in [2.45, 2.75) is 5.09 Å². The van der Waals surface area contributed by atoms with Crippen LogP contribution in [0.15, 0.2) is 0 Å². The molecule has 0 rings (SSSR count). The summed E-state index contributed by atoms with van der Waals surface area (Å²) in [5, 5.41) is -4.19. The first-order chi connectivity index (χ1) is 2.00. The highest BCUT2D eigenvalue weighted by atomic mass is 79.9. The van der Waals surface area contributed by atoms with Gasteiger partial charge in [0.15, 0.2) is 0 Å². The van der Waals surface area contributed by atoms with E-state index in [1.54, 1.807) is 0 Å². The summed E-state index contributed by atoms with van der Waals surface area (Å²) in [6.45, 7) is 0. The van der Waals surface area contributed by atoms with Crippen molar-refractivity contribution in [3.05, 3.63) is 0 Å². The molecule has 0 atom stereocenters. The number of alkyl halides is 4. The van der Waals surface area contributed by atoms with Gasteiger partial charge in [-0.1, -0.05) is 0 Å². The van der Waals surface area contributed by atoms with Crippen LogP contribution in [-0.4, -0.2) is 5.09 Å². The third-order valence-electron chi connectivity index (χ3n) is 0. The molecule has 0 fully saturated rings. The summed E-state index contributed by atoms with van der Waals surface area (Å²) in [4.78, 5) is 0. The topological polar surface area (TPSA) is 0 Å². The lowest BCUT2D eigenvalue weighted by Gasteiger charge is -1.85. The standard InChI is InChI=1S/CBrF3.ClH/c2-1(3,4)5;/h;1H. The van der Waals surface area contributed by atoms with Gasteiger partial charge in [-0.15, -0.1) is 12.4 Å². The lowest BCUT2D eigenvalue weighted by molar-refractivity contribution is -0.0245. The van der Waals surface area contributed by atoms with Gasteiger partial charge in [0.1, 0.15) is 0 Å². The maximum atomic E-state index is 10.3. The van der Waals surface area contributed by atoms with Crippen molar-refractivity contribution in [2.24, 2.45) is 0 Å². The average molecular weight is 185 g/mol. The molecule has 0 aliphatic carbocycles. The highest BCUT2D eigenvalue weighted by Crippen LogP contribution is 2.21. The first kappa shape index (κ1) is 9.75. The highest BCUT2D eigenvalue weighted by Gasteiger charge is 2.19.